The molecule has 0 aromatic heterocycles. The Morgan fingerprint density at radius 1 is 1.39 bits per heavy atom. The van der Waals surface area contributed by atoms with Crippen LogP contribution in [0.1, 0.15) is 25.8 Å². The predicted octanol–water partition coefficient (Wildman–Crippen LogP) is 3.11. The van der Waals surface area contributed by atoms with Crippen molar-refractivity contribution in [2.75, 3.05) is 18.1 Å². The smallest absolute Gasteiger partial charge is 0.122 e. The van der Waals surface area contributed by atoms with Gasteiger partial charge in [-0.25, -0.2) is 0 Å². The number of rotatable bonds is 6. The Morgan fingerprint density at radius 3 is 2.94 bits per heavy atom. The third-order valence-electron chi connectivity index (χ3n) is 3.09. The molecule has 1 aliphatic rings. The van der Waals surface area contributed by atoms with E-state index in [1.54, 1.807) is 0 Å². The predicted molar refractivity (Wildman–Crippen MR) is 79.6 cm³/mol. The Balaban J connectivity index is 1.83. The fourth-order valence-corrected chi connectivity index (χ4v) is 3.37. The van der Waals surface area contributed by atoms with E-state index in [0.717, 1.165) is 18.7 Å². The maximum atomic E-state index is 5.84. The van der Waals surface area contributed by atoms with Gasteiger partial charge in [0.05, 0.1) is 6.10 Å². The van der Waals surface area contributed by atoms with Crippen molar-refractivity contribution in [3.8, 4) is 5.75 Å². The van der Waals surface area contributed by atoms with Crippen molar-refractivity contribution < 1.29 is 4.74 Å². The fourth-order valence-electron chi connectivity index (χ4n) is 2.19. The van der Waals surface area contributed by atoms with Crippen molar-refractivity contribution in [2.24, 2.45) is 0 Å². The maximum absolute atomic E-state index is 5.84. The second-order valence-electron chi connectivity index (χ2n) is 5.04. The third kappa shape index (κ3) is 4.21. The highest BCUT2D eigenvalue weighted by molar-refractivity contribution is 7.99. The highest BCUT2D eigenvalue weighted by Gasteiger charge is 2.14. The zero-order valence-corrected chi connectivity index (χ0v) is 12.1. The molecule has 0 amide bonds. The minimum Gasteiger partial charge on any atom is -0.491 e. The molecule has 18 heavy (non-hydrogen) atoms. The van der Waals surface area contributed by atoms with Crippen LogP contribution in [0.15, 0.2) is 24.3 Å². The lowest BCUT2D eigenvalue weighted by atomic mass is 10.1. The molecule has 0 bridgehead atoms. The molecule has 3 heteroatoms. The fraction of sp³-hybridized carbons (Fsp3) is 0.600. The van der Waals surface area contributed by atoms with Gasteiger partial charge in [0.25, 0.3) is 0 Å². The maximum Gasteiger partial charge on any atom is 0.122 e. The van der Waals surface area contributed by atoms with Gasteiger partial charge in [0.15, 0.2) is 0 Å². The Hall–Kier alpha value is -0.670. The highest BCUT2D eigenvalue weighted by Crippen LogP contribution is 2.20. The van der Waals surface area contributed by atoms with E-state index in [2.05, 4.69) is 49.1 Å². The van der Waals surface area contributed by atoms with Crippen LogP contribution in [-0.4, -0.2) is 30.2 Å². The van der Waals surface area contributed by atoms with E-state index in [4.69, 9.17) is 4.74 Å². The molecule has 0 spiro atoms. The molecule has 100 valence electrons. The van der Waals surface area contributed by atoms with E-state index in [9.17, 15) is 0 Å². The molecule has 2 nitrogen and oxygen atoms in total. The van der Waals surface area contributed by atoms with Crippen LogP contribution in [0, 0.1) is 0 Å². The summed E-state index contributed by atoms with van der Waals surface area (Å²) in [6, 6.07) is 9.09. The number of nitrogens with one attached hydrogen (secondary N) is 1. The van der Waals surface area contributed by atoms with Gasteiger partial charge in [-0.15, -0.1) is 0 Å². The van der Waals surface area contributed by atoms with E-state index in [0.29, 0.717) is 6.04 Å². The van der Waals surface area contributed by atoms with Gasteiger partial charge in [-0.05, 0) is 50.6 Å². The number of hydrogen-bond donors (Lipinski definition) is 1. The molecule has 1 aliphatic heterocycles. The first-order chi connectivity index (χ1) is 8.75. The summed E-state index contributed by atoms with van der Waals surface area (Å²) in [5, 5.41) is 3.63. The van der Waals surface area contributed by atoms with Gasteiger partial charge in [-0.1, -0.05) is 18.2 Å². The summed E-state index contributed by atoms with van der Waals surface area (Å²) in [6.07, 6.45) is 2.60. The van der Waals surface area contributed by atoms with Crippen LogP contribution in [0.25, 0.3) is 0 Å². The summed E-state index contributed by atoms with van der Waals surface area (Å²) in [5.41, 5.74) is 1.31. The van der Waals surface area contributed by atoms with Crippen LogP contribution in [0.2, 0.25) is 0 Å². The molecule has 0 unspecified atom stereocenters. The van der Waals surface area contributed by atoms with Crippen LogP contribution >= 0.6 is 11.8 Å². The van der Waals surface area contributed by atoms with Gasteiger partial charge in [0.1, 0.15) is 5.75 Å². The molecule has 0 radical (unpaired) electrons. The lowest BCUT2D eigenvalue weighted by Crippen LogP contribution is -2.30. The van der Waals surface area contributed by atoms with Crippen molar-refractivity contribution in [1.29, 1.82) is 0 Å². The van der Waals surface area contributed by atoms with Crippen LogP contribution in [0.5, 0.6) is 5.75 Å². The second-order valence-corrected chi connectivity index (χ2v) is 6.19. The Labute approximate surface area is 114 Å². The van der Waals surface area contributed by atoms with E-state index < -0.39 is 0 Å². The zero-order chi connectivity index (χ0) is 12.8. The largest absolute Gasteiger partial charge is 0.491 e. The quantitative estimate of drug-likeness (QED) is 0.854. The molecule has 1 atom stereocenters. The number of benzene rings is 1. The summed E-state index contributed by atoms with van der Waals surface area (Å²) < 4.78 is 5.84. The van der Waals surface area contributed by atoms with Crippen molar-refractivity contribution in [1.82, 2.24) is 5.32 Å². The average Bonchev–Trinajstić information content (AvgIpc) is 2.84. The topological polar surface area (TPSA) is 21.3 Å². The molecular weight excluding hydrogens is 242 g/mol. The van der Waals surface area contributed by atoms with E-state index in [-0.39, 0.29) is 6.10 Å². The van der Waals surface area contributed by atoms with E-state index in [1.165, 1.54) is 23.5 Å². The summed E-state index contributed by atoms with van der Waals surface area (Å²) in [6.45, 7) is 5.19. The van der Waals surface area contributed by atoms with Crippen molar-refractivity contribution in [3.05, 3.63) is 29.8 Å². The molecule has 0 saturated carbocycles. The van der Waals surface area contributed by atoms with Gasteiger partial charge < -0.3 is 10.1 Å². The molecule has 1 saturated heterocycles. The Morgan fingerprint density at radius 2 is 2.22 bits per heavy atom. The van der Waals surface area contributed by atoms with Crippen LogP contribution in [0.3, 0.4) is 0 Å². The Kier molecular flexibility index (Phi) is 5.39. The molecule has 1 aromatic rings. The van der Waals surface area contributed by atoms with Gasteiger partial charge >= 0.3 is 0 Å². The van der Waals surface area contributed by atoms with Gasteiger partial charge in [0.2, 0.25) is 0 Å². The molecular formula is C15H23NOS. The average molecular weight is 265 g/mol. The van der Waals surface area contributed by atoms with E-state index in [1.807, 2.05) is 6.07 Å². The third-order valence-corrected chi connectivity index (χ3v) is 4.25. The first kappa shape index (κ1) is 13.8. The molecule has 1 heterocycles. The minimum absolute atomic E-state index is 0.241. The van der Waals surface area contributed by atoms with Crippen molar-refractivity contribution in [3.63, 3.8) is 0 Å². The zero-order valence-electron chi connectivity index (χ0n) is 11.3. The van der Waals surface area contributed by atoms with Gasteiger partial charge in [0, 0.05) is 11.8 Å². The van der Waals surface area contributed by atoms with Gasteiger partial charge in [-0.2, -0.15) is 11.8 Å². The monoisotopic (exact) mass is 265 g/mol. The first-order valence-electron chi connectivity index (χ1n) is 6.81. The molecule has 0 aliphatic carbocycles. The van der Waals surface area contributed by atoms with Crippen LogP contribution in [-0.2, 0) is 6.42 Å². The summed E-state index contributed by atoms with van der Waals surface area (Å²) >= 11 is 2.05. The number of thioether (sulfide) groups is 1. The number of ether oxygens (including phenoxy) is 1. The first-order valence-corrected chi connectivity index (χ1v) is 7.97. The molecule has 2 rings (SSSR count). The summed E-state index contributed by atoms with van der Waals surface area (Å²) in [7, 11) is 0. The Bertz CT molecular complexity index is 361. The molecule has 1 aromatic carbocycles. The highest BCUT2D eigenvalue weighted by atomic mass is 32.2. The lowest BCUT2D eigenvalue weighted by molar-refractivity contribution is 0.240. The van der Waals surface area contributed by atoms with Crippen molar-refractivity contribution >= 4 is 11.8 Å². The SMILES string of the molecule is CC(C)Oc1ccccc1CCN[C@H]1CCSC1. The summed E-state index contributed by atoms with van der Waals surface area (Å²) in [4.78, 5) is 0. The van der Waals surface area contributed by atoms with Crippen molar-refractivity contribution in [2.45, 2.75) is 38.8 Å². The minimum atomic E-state index is 0.241. The number of para-hydroxylation sites is 1. The van der Waals surface area contributed by atoms with E-state index >= 15 is 0 Å². The molecule has 1 fully saturated rings. The van der Waals surface area contributed by atoms with Gasteiger partial charge in [-0.3, -0.25) is 0 Å². The standard InChI is InChI=1S/C15H23NOS/c1-12(2)17-15-6-4-3-5-13(15)7-9-16-14-8-10-18-11-14/h3-6,12,14,16H,7-11H2,1-2H3/t14-/m0/s1. The molecule has 1 N–H and O–H groups in total. The second kappa shape index (κ2) is 7.05. The van der Waals surface area contributed by atoms with Crippen LogP contribution < -0.4 is 10.1 Å². The normalized spacial score (nSPS) is 19.4. The van der Waals surface area contributed by atoms with Crippen LogP contribution in [0.4, 0.5) is 0 Å². The summed E-state index contributed by atoms with van der Waals surface area (Å²) in [5.74, 6) is 3.62. The number of hydrogen-bond acceptors (Lipinski definition) is 3. The lowest BCUT2D eigenvalue weighted by Gasteiger charge is -2.15.